The molecule has 0 bridgehead atoms. The lowest BCUT2D eigenvalue weighted by Gasteiger charge is -2.29. The van der Waals surface area contributed by atoms with Gasteiger partial charge in [0.1, 0.15) is 12.4 Å². The van der Waals surface area contributed by atoms with Crippen molar-refractivity contribution in [2.75, 3.05) is 6.61 Å². The molecule has 2 rings (SSSR count). The van der Waals surface area contributed by atoms with E-state index >= 15 is 0 Å². The van der Waals surface area contributed by atoms with Gasteiger partial charge in [0.15, 0.2) is 0 Å². The Morgan fingerprint density at radius 2 is 1.91 bits per heavy atom. The van der Waals surface area contributed by atoms with Crippen molar-refractivity contribution in [1.29, 1.82) is 0 Å². The van der Waals surface area contributed by atoms with Gasteiger partial charge in [-0.1, -0.05) is 13.8 Å². The maximum Gasteiger partial charge on any atom is 0.335 e. The second-order valence-corrected chi connectivity index (χ2v) is 6.62. The molecular weight excluding hydrogens is 294 g/mol. The van der Waals surface area contributed by atoms with Crippen molar-refractivity contribution in [2.24, 2.45) is 5.92 Å². The van der Waals surface area contributed by atoms with Crippen LogP contribution in [0.1, 0.15) is 50.4 Å². The molecule has 0 radical (unpaired) electrons. The average molecular weight is 319 g/mol. The number of nitrogens with zero attached hydrogens (tertiary/aromatic N) is 1. The van der Waals surface area contributed by atoms with Crippen molar-refractivity contribution in [2.45, 2.75) is 52.1 Å². The van der Waals surface area contributed by atoms with Gasteiger partial charge in [0, 0.05) is 12.5 Å². The van der Waals surface area contributed by atoms with Crippen LogP contribution in [0.5, 0.6) is 5.75 Å². The van der Waals surface area contributed by atoms with Crippen LogP contribution in [0, 0.1) is 5.92 Å². The van der Waals surface area contributed by atoms with Gasteiger partial charge in [-0.25, -0.2) is 4.79 Å². The highest BCUT2D eigenvalue weighted by molar-refractivity contribution is 5.87. The zero-order chi connectivity index (χ0) is 17.0. The molecule has 5 nitrogen and oxygen atoms in total. The van der Waals surface area contributed by atoms with Crippen molar-refractivity contribution >= 4 is 11.9 Å². The monoisotopic (exact) mass is 319 g/mol. The summed E-state index contributed by atoms with van der Waals surface area (Å²) in [6.45, 7) is 6.63. The van der Waals surface area contributed by atoms with Gasteiger partial charge < -0.3 is 14.7 Å². The highest BCUT2D eigenvalue weighted by Crippen LogP contribution is 2.26. The number of carbonyl (C=O) groups is 2. The summed E-state index contributed by atoms with van der Waals surface area (Å²) in [5.74, 6) is 0.220. The van der Waals surface area contributed by atoms with Crippen molar-refractivity contribution in [3.8, 4) is 5.75 Å². The lowest BCUT2D eigenvalue weighted by Crippen LogP contribution is -2.43. The van der Waals surface area contributed by atoms with E-state index in [9.17, 15) is 9.59 Å². The Hall–Kier alpha value is -2.04. The van der Waals surface area contributed by atoms with Gasteiger partial charge in [-0.05, 0) is 49.9 Å². The van der Waals surface area contributed by atoms with Crippen LogP contribution < -0.4 is 4.74 Å². The molecule has 1 aliphatic heterocycles. The predicted molar refractivity (Wildman–Crippen MR) is 87.7 cm³/mol. The van der Waals surface area contributed by atoms with Crippen LogP contribution in [-0.2, 0) is 4.79 Å². The summed E-state index contributed by atoms with van der Waals surface area (Å²) in [4.78, 5) is 25.2. The molecule has 1 aromatic rings. The number of carboxylic acids is 1. The predicted octanol–water partition coefficient (Wildman–Crippen LogP) is 3.19. The van der Waals surface area contributed by atoms with Gasteiger partial charge in [-0.15, -0.1) is 0 Å². The molecule has 2 atom stereocenters. The second kappa shape index (κ2) is 7.49. The van der Waals surface area contributed by atoms with Crippen molar-refractivity contribution in [1.82, 2.24) is 4.90 Å². The molecule has 1 fully saturated rings. The molecule has 0 spiro atoms. The van der Waals surface area contributed by atoms with Crippen LogP contribution in [-0.4, -0.2) is 40.6 Å². The maximum absolute atomic E-state index is 12.4. The summed E-state index contributed by atoms with van der Waals surface area (Å²) in [7, 11) is 0. The zero-order valence-electron chi connectivity index (χ0n) is 14.0. The molecule has 126 valence electrons. The van der Waals surface area contributed by atoms with Gasteiger partial charge >= 0.3 is 5.97 Å². The number of likely N-dealkylation sites (tertiary alicyclic amines) is 1. The molecular formula is C18H25NO4. The minimum atomic E-state index is -0.952. The zero-order valence-corrected chi connectivity index (χ0v) is 14.0. The van der Waals surface area contributed by atoms with E-state index in [1.807, 2.05) is 18.7 Å². The summed E-state index contributed by atoms with van der Waals surface area (Å²) >= 11 is 0. The third-order valence-electron chi connectivity index (χ3n) is 4.20. The maximum atomic E-state index is 12.4. The second-order valence-electron chi connectivity index (χ2n) is 6.62. The quantitative estimate of drug-likeness (QED) is 0.874. The number of ether oxygens (including phenoxy) is 1. The largest absolute Gasteiger partial charge is 0.491 e. The van der Waals surface area contributed by atoms with Crippen LogP contribution in [0.3, 0.4) is 0 Å². The van der Waals surface area contributed by atoms with E-state index in [2.05, 4.69) is 6.92 Å². The number of aromatic carboxylic acids is 1. The van der Waals surface area contributed by atoms with Gasteiger partial charge in [0.05, 0.1) is 11.6 Å². The van der Waals surface area contributed by atoms with Gasteiger partial charge in [0.2, 0.25) is 5.91 Å². The number of rotatable bonds is 6. The van der Waals surface area contributed by atoms with Crippen molar-refractivity contribution < 1.29 is 19.4 Å². The molecule has 23 heavy (non-hydrogen) atoms. The Bertz CT molecular complexity index is 553. The van der Waals surface area contributed by atoms with Crippen LogP contribution in [0.2, 0.25) is 0 Å². The van der Waals surface area contributed by atoms with Crippen LogP contribution in [0.4, 0.5) is 0 Å². The molecule has 0 aromatic heterocycles. The third kappa shape index (κ3) is 4.47. The van der Waals surface area contributed by atoms with E-state index in [1.54, 1.807) is 12.1 Å². The Labute approximate surface area is 137 Å². The molecule has 5 heteroatoms. The van der Waals surface area contributed by atoms with E-state index in [0.717, 1.165) is 12.8 Å². The van der Waals surface area contributed by atoms with Crippen molar-refractivity contribution in [3.05, 3.63) is 29.8 Å². The normalized spacial score (nSPS) is 20.8. The highest BCUT2D eigenvalue weighted by Gasteiger charge is 2.34. The van der Waals surface area contributed by atoms with E-state index < -0.39 is 5.97 Å². The van der Waals surface area contributed by atoms with Crippen molar-refractivity contribution in [3.63, 3.8) is 0 Å². The Kier molecular flexibility index (Phi) is 5.64. The SMILES string of the molecule is CC(C)CC(=O)N1C(C)CCC1COc1ccc(C(=O)O)cc1. The molecule has 1 N–H and O–H groups in total. The standard InChI is InChI=1S/C18H25NO4/c1-12(2)10-17(20)19-13(3)4-7-15(19)11-23-16-8-5-14(6-9-16)18(21)22/h5-6,8-9,12-13,15H,4,7,10-11H2,1-3H3,(H,21,22). The summed E-state index contributed by atoms with van der Waals surface area (Å²) < 4.78 is 5.77. The molecule has 2 unspecified atom stereocenters. The fourth-order valence-corrected chi connectivity index (χ4v) is 3.03. The highest BCUT2D eigenvalue weighted by atomic mass is 16.5. The van der Waals surface area contributed by atoms with Crippen LogP contribution >= 0.6 is 0 Å². The molecule has 1 aliphatic rings. The average Bonchev–Trinajstić information content (AvgIpc) is 2.86. The Balaban J connectivity index is 1.95. The van der Waals surface area contributed by atoms with Crippen LogP contribution in [0.25, 0.3) is 0 Å². The number of carbonyl (C=O) groups excluding carboxylic acids is 1. The molecule has 0 aliphatic carbocycles. The third-order valence-corrected chi connectivity index (χ3v) is 4.20. The minimum absolute atomic E-state index is 0.0930. The fraction of sp³-hybridized carbons (Fsp3) is 0.556. The lowest BCUT2D eigenvalue weighted by atomic mass is 10.1. The molecule has 1 aromatic carbocycles. The number of hydrogen-bond acceptors (Lipinski definition) is 3. The van der Waals surface area contributed by atoms with E-state index in [1.165, 1.54) is 12.1 Å². The van der Waals surface area contributed by atoms with Crippen LogP contribution in [0.15, 0.2) is 24.3 Å². The molecule has 1 heterocycles. The number of amides is 1. The van der Waals surface area contributed by atoms with Gasteiger partial charge in [0.25, 0.3) is 0 Å². The van der Waals surface area contributed by atoms with Gasteiger partial charge in [-0.3, -0.25) is 4.79 Å². The first-order chi connectivity index (χ1) is 10.9. The first-order valence-corrected chi connectivity index (χ1v) is 8.15. The van der Waals surface area contributed by atoms with E-state index in [4.69, 9.17) is 9.84 Å². The molecule has 0 saturated carbocycles. The number of carboxylic acid groups (broad SMARTS) is 1. The first kappa shape index (κ1) is 17.3. The topological polar surface area (TPSA) is 66.8 Å². The molecule has 1 saturated heterocycles. The lowest BCUT2D eigenvalue weighted by molar-refractivity contribution is -0.135. The van der Waals surface area contributed by atoms with E-state index in [0.29, 0.717) is 24.7 Å². The Morgan fingerprint density at radius 1 is 1.26 bits per heavy atom. The van der Waals surface area contributed by atoms with E-state index in [-0.39, 0.29) is 23.6 Å². The summed E-state index contributed by atoms with van der Waals surface area (Å²) in [5.41, 5.74) is 0.237. The minimum Gasteiger partial charge on any atom is -0.491 e. The van der Waals surface area contributed by atoms with Gasteiger partial charge in [-0.2, -0.15) is 0 Å². The fourth-order valence-electron chi connectivity index (χ4n) is 3.03. The first-order valence-electron chi connectivity index (χ1n) is 8.15. The number of hydrogen-bond donors (Lipinski definition) is 1. The molecule has 1 amide bonds. The smallest absolute Gasteiger partial charge is 0.335 e. The summed E-state index contributed by atoms with van der Waals surface area (Å²) in [6, 6.07) is 6.71. The summed E-state index contributed by atoms with van der Waals surface area (Å²) in [6.07, 6.45) is 2.50. The summed E-state index contributed by atoms with van der Waals surface area (Å²) in [5, 5.41) is 8.89. The number of benzene rings is 1. The Morgan fingerprint density at radius 3 is 2.48 bits per heavy atom.